The molecule has 10 heteroatoms. The van der Waals surface area contributed by atoms with Crippen LogP contribution in [0.2, 0.25) is 0 Å². The van der Waals surface area contributed by atoms with Crippen molar-refractivity contribution in [2.24, 2.45) is 5.73 Å². The summed E-state index contributed by atoms with van der Waals surface area (Å²) in [6.07, 6.45) is 1.01. The Balaban J connectivity index is 1.19. The SMILES string of the molecule is Cc1cc(C(N)=O)ccc1-c1cccc(C(O)CCN2CCC(=O)N2CCc2ccc(-c3nnn[nH]3)cc2)c1. The van der Waals surface area contributed by atoms with Gasteiger partial charge in [0, 0.05) is 37.2 Å². The van der Waals surface area contributed by atoms with Crippen LogP contribution in [0.4, 0.5) is 0 Å². The molecular formula is C29H31N7O3. The lowest BCUT2D eigenvalue weighted by molar-refractivity contribution is -0.138. The van der Waals surface area contributed by atoms with E-state index < -0.39 is 12.0 Å². The van der Waals surface area contributed by atoms with Crippen LogP contribution in [0.15, 0.2) is 66.7 Å². The van der Waals surface area contributed by atoms with Gasteiger partial charge in [-0.25, -0.2) is 10.1 Å². The fourth-order valence-corrected chi connectivity index (χ4v) is 4.97. The fourth-order valence-electron chi connectivity index (χ4n) is 4.97. The Kier molecular flexibility index (Phi) is 7.76. The van der Waals surface area contributed by atoms with Gasteiger partial charge in [-0.2, -0.15) is 0 Å². The van der Waals surface area contributed by atoms with Crippen molar-refractivity contribution in [2.75, 3.05) is 19.6 Å². The van der Waals surface area contributed by atoms with E-state index in [0.29, 0.717) is 43.9 Å². The summed E-state index contributed by atoms with van der Waals surface area (Å²) in [5, 5.41) is 28.7. The molecule has 3 aromatic carbocycles. The highest BCUT2D eigenvalue weighted by Crippen LogP contribution is 2.28. The molecule has 0 bridgehead atoms. The fraction of sp³-hybridized carbons (Fsp3) is 0.276. The molecule has 1 unspecified atom stereocenters. The molecule has 1 aromatic heterocycles. The topological polar surface area (TPSA) is 141 Å². The maximum Gasteiger partial charge on any atom is 0.248 e. The summed E-state index contributed by atoms with van der Waals surface area (Å²) in [7, 11) is 0. The zero-order valence-electron chi connectivity index (χ0n) is 21.7. The van der Waals surface area contributed by atoms with Crippen molar-refractivity contribution < 1.29 is 14.7 Å². The van der Waals surface area contributed by atoms with Gasteiger partial charge in [-0.05, 0) is 76.2 Å². The van der Waals surface area contributed by atoms with E-state index in [0.717, 1.165) is 39.8 Å². The monoisotopic (exact) mass is 525 g/mol. The summed E-state index contributed by atoms with van der Waals surface area (Å²) >= 11 is 0. The van der Waals surface area contributed by atoms with E-state index in [1.807, 2.05) is 66.5 Å². The lowest BCUT2D eigenvalue weighted by Gasteiger charge is -2.29. The normalized spacial score (nSPS) is 14.6. The molecule has 4 aromatic rings. The summed E-state index contributed by atoms with van der Waals surface area (Å²) in [6.45, 7) is 3.73. The minimum Gasteiger partial charge on any atom is -0.388 e. The molecule has 0 spiro atoms. The van der Waals surface area contributed by atoms with Crippen LogP contribution in [0.25, 0.3) is 22.5 Å². The maximum absolute atomic E-state index is 12.6. The standard InChI is InChI=1S/C29H31N7O3/c1-19-17-24(28(30)39)9-10-25(19)22-3-2-4-23(18-22)26(37)12-14-35-15-13-27(38)36(35)16-11-20-5-7-21(8-6-20)29-31-33-34-32-29/h2-10,17-18,26,37H,11-16H2,1H3,(H2,30,39)(H,31,32,33,34). The molecule has 1 saturated heterocycles. The number of aromatic amines is 1. The molecule has 2 amide bonds. The molecule has 0 aliphatic carbocycles. The number of aryl methyl sites for hydroxylation is 1. The van der Waals surface area contributed by atoms with Crippen molar-refractivity contribution in [3.63, 3.8) is 0 Å². The first kappa shape index (κ1) is 26.2. The van der Waals surface area contributed by atoms with Crippen LogP contribution in [0.3, 0.4) is 0 Å². The zero-order valence-corrected chi connectivity index (χ0v) is 21.7. The van der Waals surface area contributed by atoms with E-state index in [9.17, 15) is 14.7 Å². The number of carbonyl (C=O) groups is 2. The first-order valence-electron chi connectivity index (χ1n) is 13.0. The number of carbonyl (C=O) groups excluding carboxylic acids is 2. The Bertz CT molecular complexity index is 1450. The summed E-state index contributed by atoms with van der Waals surface area (Å²) < 4.78 is 0. The summed E-state index contributed by atoms with van der Waals surface area (Å²) in [6, 6.07) is 21.1. The van der Waals surface area contributed by atoms with Gasteiger partial charge in [0.15, 0.2) is 5.82 Å². The Hall–Kier alpha value is -4.41. The van der Waals surface area contributed by atoms with E-state index >= 15 is 0 Å². The largest absolute Gasteiger partial charge is 0.388 e. The zero-order chi connectivity index (χ0) is 27.4. The number of H-pyrrole nitrogens is 1. The van der Waals surface area contributed by atoms with Gasteiger partial charge in [0.2, 0.25) is 11.8 Å². The number of hydrogen-bond donors (Lipinski definition) is 3. The Morgan fingerprint density at radius 2 is 1.90 bits per heavy atom. The molecule has 1 aliphatic rings. The summed E-state index contributed by atoms with van der Waals surface area (Å²) in [5.41, 5.74) is 11.6. The number of hydrogen-bond acceptors (Lipinski definition) is 7. The number of amides is 2. The molecule has 1 fully saturated rings. The van der Waals surface area contributed by atoms with E-state index in [4.69, 9.17) is 5.73 Å². The molecule has 10 nitrogen and oxygen atoms in total. The average molecular weight is 526 g/mol. The van der Waals surface area contributed by atoms with E-state index in [-0.39, 0.29) is 5.91 Å². The van der Waals surface area contributed by atoms with Crippen LogP contribution in [-0.2, 0) is 11.2 Å². The maximum atomic E-state index is 12.6. The second-order valence-electron chi connectivity index (χ2n) is 9.74. The Morgan fingerprint density at radius 1 is 1.08 bits per heavy atom. The molecule has 200 valence electrons. The van der Waals surface area contributed by atoms with Gasteiger partial charge >= 0.3 is 0 Å². The lowest BCUT2D eigenvalue weighted by Crippen LogP contribution is -2.41. The molecule has 2 heterocycles. The smallest absolute Gasteiger partial charge is 0.248 e. The average Bonchev–Trinajstić information content (AvgIpc) is 3.61. The predicted octanol–water partition coefficient (Wildman–Crippen LogP) is 3.06. The third-order valence-corrected chi connectivity index (χ3v) is 7.15. The second kappa shape index (κ2) is 11.5. The number of aromatic nitrogens is 4. The van der Waals surface area contributed by atoms with E-state index in [1.54, 1.807) is 17.1 Å². The van der Waals surface area contributed by atoms with Crippen molar-refractivity contribution in [1.29, 1.82) is 0 Å². The van der Waals surface area contributed by atoms with Crippen LogP contribution in [0, 0.1) is 6.92 Å². The van der Waals surface area contributed by atoms with Gasteiger partial charge < -0.3 is 10.8 Å². The highest BCUT2D eigenvalue weighted by Gasteiger charge is 2.28. The first-order chi connectivity index (χ1) is 18.9. The number of nitrogens with zero attached hydrogens (tertiary/aromatic N) is 5. The molecule has 0 saturated carbocycles. The van der Waals surface area contributed by atoms with Crippen molar-refractivity contribution >= 4 is 11.8 Å². The van der Waals surface area contributed by atoms with Gasteiger partial charge in [0.05, 0.1) is 6.10 Å². The van der Waals surface area contributed by atoms with Gasteiger partial charge in [0.25, 0.3) is 0 Å². The molecule has 4 N–H and O–H groups in total. The first-order valence-corrected chi connectivity index (χ1v) is 13.0. The number of aliphatic hydroxyl groups is 1. The molecule has 5 rings (SSSR count). The molecule has 1 aliphatic heterocycles. The number of nitrogens with one attached hydrogen (secondary N) is 1. The predicted molar refractivity (Wildman–Crippen MR) is 146 cm³/mol. The molecule has 39 heavy (non-hydrogen) atoms. The van der Waals surface area contributed by atoms with E-state index in [2.05, 4.69) is 20.6 Å². The van der Waals surface area contributed by atoms with Crippen molar-refractivity contribution in [3.05, 3.63) is 89.0 Å². The van der Waals surface area contributed by atoms with Gasteiger partial charge in [0.1, 0.15) is 0 Å². The molecule has 1 atom stereocenters. The van der Waals surface area contributed by atoms with Crippen LogP contribution < -0.4 is 5.73 Å². The van der Waals surface area contributed by atoms with Gasteiger partial charge in [-0.3, -0.25) is 14.6 Å². The third-order valence-electron chi connectivity index (χ3n) is 7.15. The van der Waals surface area contributed by atoms with Crippen molar-refractivity contribution in [1.82, 2.24) is 30.6 Å². The number of benzene rings is 3. The highest BCUT2D eigenvalue weighted by atomic mass is 16.3. The van der Waals surface area contributed by atoms with Crippen molar-refractivity contribution in [3.8, 4) is 22.5 Å². The summed E-state index contributed by atoms with van der Waals surface area (Å²) in [4.78, 5) is 24.1. The van der Waals surface area contributed by atoms with Crippen molar-refractivity contribution in [2.45, 2.75) is 32.3 Å². The number of aliphatic hydroxyl groups excluding tert-OH is 1. The Morgan fingerprint density at radius 3 is 2.62 bits per heavy atom. The highest BCUT2D eigenvalue weighted by molar-refractivity contribution is 5.93. The van der Waals surface area contributed by atoms with Crippen LogP contribution in [-0.4, -0.2) is 67.2 Å². The van der Waals surface area contributed by atoms with Gasteiger partial charge in [-0.1, -0.05) is 48.5 Å². The third kappa shape index (κ3) is 6.02. The van der Waals surface area contributed by atoms with Crippen LogP contribution in [0.1, 0.15) is 46.0 Å². The van der Waals surface area contributed by atoms with Crippen LogP contribution in [0.5, 0.6) is 0 Å². The molecule has 0 radical (unpaired) electrons. The molecular weight excluding hydrogens is 494 g/mol. The number of primary amides is 1. The number of tetrazole rings is 1. The minimum absolute atomic E-state index is 0.103. The van der Waals surface area contributed by atoms with Gasteiger partial charge in [-0.15, -0.1) is 5.10 Å². The number of hydrazine groups is 1. The number of nitrogens with two attached hydrogens (primary N) is 1. The summed E-state index contributed by atoms with van der Waals surface area (Å²) in [5.74, 6) is 0.259. The Labute approximate surface area is 226 Å². The lowest BCUT2D eigenvalue weighted by atomic mass is 9.95. The minimum atomic E-state index is -0.675. The van der Waals surface area contributed by atoms with Crippen LogP contribution >= 0.6 is 0 Å². The second-order valence-corrected chi connectivity index (χ2v) is 9.74. The quantitative estimate of drug-likeness (QED) is 0.289. The number of rotatable bonds is 10. The van der Waals surface area contributed by atoms with E-state index in [1.165, 1.54) is 0 Å².